The number of benzene rings is 1. The molecule has 0 aromatic heterocycles. The minimum atomic E-state index is 0.112. The Kier molecular flexibility index (Phi) is 5.05. The molecule has 1 aromatic carbocycles. The lowest BCUT2D eigenvalue weighted by molar-refractivity contribution is -0.120. The zero-order valence-electron chi connectivity index (χ0n) is 9.40. The first-order valence-electron chi connectivity index (χ1n) is 5.32. The molecule has 0 N–H and O–H groups in total. The van der Waals surface area contributed by atoms with E-state index in [1.807, 2.05) is 37.3 Å². The predicted octanol–water partition coefficient (Wildman–Crippen LogP) is 2.82. The summed E-state index contributed by atoms with van der Waals surface area (Å²) >= 11 is 0. The van der Waals surface area contributed by atoms with Crippen molar-refractivity contribution < 1.29 is 9.53 Å². The van der Waals surface area contributed by atoms with E-state index in [2.05, 4.69) is 0 Å². The molecule has 0 heterocycles. The van der Waals surface area contributed by atoms with Crippen molar-refractivity contribution in [3.05, 3.63) is 35.9 Å². The van der Waals surface area contributed by atoms with Gasteiger partial charge in [-0.3, -0.25) is 4.79 Å². The van der Waals surface area contributed by atoms with Crippen molar-refractivity contribution in [2.75, 3.05) is 6.61 Å². The summed E-state index contributed by atoms with van der Waals surface area (Å²) in [5, 5.41) is 0. The second-order valence-corrected chi connectivity index (χ2v) is 3.84. The molecule has 0 aliphatic heterocycles. The van der Waals surface area contributed by atoms with Crippen LogP contribution in [-0.4, -0.2) is 12.4 Å². The van der Waals surface area contributed by atoms with E-state index in [1.54, 1.807) is 6.92 Å². The zero-order chi connectivity index (χ0) is 11.1. The van der Waals surface area contributed by atoms with Gasteiger partial charge in [0.25, 0.3) is 0 Å². The highest BCUT2D eigenvalue weighted by Gasteiger charge is 2.06. The van der Waals surface area contributed by atoms with E-state index >= 15 is 0 Å². The highest BCUT2D eigenvalue weighted by Crippen LogP contribution is 2.05. The van der Waals surface area contributed by atoms with Gasteiger partial charge < -0.3 is 4.74 Å². The summed E-state index contributed by atoms with van der Waals surface area (Å²) in [7, 11) is 0. The van der Waals surface area contributed by atoms with Gasteiger partial charge in [-0.1, -0.05) is 37.3 Å². The van der Waals surface area contributed by atoms with Crippen LogP contribution < -0.4 is 0 Å². The molecule has 1 unspecified atom stereocenters. The molecule has 0 fully saturated rings. The third-order valence-corrected chi connectivity index (χ3v) is 2.50. The summed E-state index contributed by atoms with van der Waals surface area (Å²) in [4.78, 5) is 11.0. The third kappa shape index (κ3) is 4.75. The maximum absolute atomic E-state index is 11.0. The van der Waals surface area contributed by atoms with Gasteiger partial charge in [0, 0.05) is 12.5 Å². The summed E-state index contributed by atoms with van der Waals surface area (Å²) in [6.07, 6.45) is 0.808. The Morgan fingerprint density at radius 3 is 2.60 bits per heavy atom. The molecule has 0 saturated heterocycles. The van der Waals surface area contributed by atoms with E-state index in [0.717, 1.165) is 6.42 Å². The number of Topliss-reactive ketones (excluding diaryl/α,β-unsaturated/α-hetero) is 1. The second-order valence-electron chi connectivity index (χ2n) is 3.84. The normalized spacial score (nSPS) is 12.4. The lowest BCUT2D eigenvalue weighted by atomic mass is 10.1. The zero-order valence-corrected chi connectivity index (χ0v) is 9.40. The van der Waals surface area contributed by atoms with Crippen LogP contribution in [0.15, 0.2) is 30.3 Å². The fourth-order valence-corrected chi connectivity index (χ4v) is 1.23. The summed E-state index contributed by atoms with van der Waals surface area (Å²) in [5.41, 5.74) is 1.17. The third-order valence-electron chi connectivity index (χ3n) is 2.50. The Morgan fingerprint density at radius 2 is 2.00 bits per heavy atom. The summed E-state index contributed by atoms with van der Waals surface area (Å²) in [6, 6.07) is 10.1. The van der Waals surface area contributed by atoms with Gasteiger partial charge in [-0.2, -0.15) is 0 Å². The molecular weight excluding hydrogens is 188 g/mol. The van der Waals surface area contributed by atoms with Crippen LogP contribution in [0.1, 0.15) is 25.8 Å². The molecule has 0 spiro atoms. The van der Waals surface area contributed by atoms with Crippen molar-refractivity contribution in [3.8, 4) is 0 Å². The molecule has 1 aromatic rings. The first-order chi connectivity index (χ1) is 7.20. The number of hydrogen-bond donors (Lipinski definition) is 0. The van der Waals surface area contributed by atoms with E-state index in [9.17, 15) is 4.79 Å². The van der Waals surface area contributed by atoms with E-state index in [4.69, 9.17) is 4.74 Å². The molecule has 1 rings (SSSR count). The quantitative estimate of drug-likeness (QED) is 0.669. The largest absolute Gasteiger partial charge is 0.377 e. The fraction of sp³-hybridized carbons (Fsp3) is 0.462. The average molecular weight is 206 g/mol. The summed E-state index contributed by atoms with van der Waals surface area (Å²) in [5.74, 6) is 0.346. The molecule has 0 aliphatic carbocycles. The van der Waals surface area contributed by atoms with Crippen molar-refractivity contribution in [2.24, 2.45) is 5.92 Å². The Labute approximate surface area is 91.3 Å². The monoisotopic (exact) mass is 206 g/mol. The molecule has 0 amide bonds. The van der Waals surface area contributed by atoms with Gasteiger partial charge in [0.1, 0.15) is 5.78 Å². The van der Waals surface area contributed by atoms with E-state index in [-0.39, 0.29) is 11.7 Å². The van der Waals surface area contributed by atoms with Gasteiger partial charge in [-0.05, 0) is 18.9 Å². The van der Waals surface area contributed by atoms with Crippen LogP contribution in [0.4, 0.5) is 0 Å². The maximum Gasteiger partial charge on any atom is 0.132 e. The van der Waals surface area contributed by atoms with Crippen LogP contribution in [0.5, 0.6) is 0 Å². The van der Waals surface area contributed by atoms with Gasteiger partial charge in [0.05, 0.1) is 6.61 Å². The summed E-state index contributed by atoms with van der Waals surface area (Å²) in [6.45, 7) is 4.84. The average Bonchev–Trinajstić information content (AvgIpc) is 2.25. The minimum Gasteiger partial charge on any atom is -0.377 e. The fourth-order valence-electron chi connectivity index (χ4n) is 1.23. The molecule has 0 aliphatic rings. The molecule has 2 nitrogen and oxygen atoms in total. The number of hydrogen-bond acceptors (Lipinski definition) is 2. The van der Waals surface area contributed by atoms with Crippen molar-refractivity contribution >= 4 is 5.78 Å². The molecule has 82 valence electrons. The smallest absolute Gasteiger partial charge is 0.132 e. The molecule has 2 heteroatoms. The van der Waals surface area contributed by atoms with Crippen LogP contribution in [0.2, 0.25) is 0 Å². The molecule has 0 radical (unpaired) electrons. The second kappa shape index (κ2) is 6.36. The molecule has 0 saturated carbocycles. The van der Waals surface area contributed by atoms with Crippen LogP contribution >= 0.6 is 0 Å². The summed E-state index contributed by atoms with van der Waals surface area (Å²) < 4.78 is 5.49. The Morgan fingerprint density at radius 1 is 1.33 bits per heavy atom. The van der Waals surface area contributed by atoms with Gasteiger partial charge in [-0.15, -0.1) is 0 Å². The van der Waals surface area contributed by atoms with Gasteiger partial charge in [0.2, 0.25) is 0 Å². The van der Waals surface area contributed by atoms with Crippen LogP contribution in [0, 0.1) is 5.92 Å². The standard InChI is InChI=1S/C13H18O2/c1-11(12(2)14)8-9-15-10-13-6-4-3-5-7-13/h3-7,11H,8-10H2,1-2H3. The highest BCUT2D eigenvalue weighted by molar-refractivity contribution is 5.77. The topological polar surface area (TPSA) is 26.3 Å². The lowest BCUT2D eigenvalue weighted by Crippen LogP contribution is -2.09. The van der Waals surface area contributed by atoms with Crippen molar-refractivity contribution in [3.63, 3.8) is 0 Å². The predicted molar refractivity (Wildman–Crippen MR) is 60.6 cm³/mol. The van der Waals surface area contributed by atoms with E-state index in [1.165, 1.54) is 5.56 Å². The van der Waals surface area contributed by atoms with Gasteiger partial charge in [0.15, 0.2) is 0 Å². The van der Waals surface area contributed by atoms with Crippen LogP contribution in [-0.2, 0) is 16.1 Å². The molecular formula is C13H18O2. The molecule has 1 atom stereocenters. The number of ketones is 1. The number of ether oxygens (including phenoxy) is 1. The lowest BCUT2D eigenvalue weighted by Gasteiger charge is -2.08. The van der Waals surface area contributed by atoms with Gasteiger partial charge in [-0.25, -0.2) is 0 Å². The first kappa shape index (κ1) is 11.9. The SMILES string of the molecule is CC(=O)C(C)CCOCc1ccccc1. The van der Waals surface area contributed by atoms with Crippen molar-refractivity contribution in [2.45, 2.75) is 26.9 Å². The molecule has 15 heavy (non-hydrogen) atoms. The van der Waals surface area contributed by atoms with Crippen LogP contribution in [0.3, 0.4) is 0 Å². The van der Waals surface area contributed by atoms with E-state index < -0.39 is 0 Å². The van der Waals surface area contributed by atoms with Crippen molar-refractivity contribution in [1.29, 1.82) is 0 Å². The Balaban J connectivity index is 2.15. The number of carbonyl (C=O) groups excluding carboxylic acids is 1. The van der Waals surface area contributed by atoms with Crippen molar-refractivity contribution in [1.82, 2.24) is 0 Å². The minimum absolute atomic E-state index is 0.112. The number of carbonyl (C=O) groups is 1. The van der Waals surface area contributed by atoms with E-state index in [0.29, 0.717) is 13.2 Å². The first-order valence-corrected chi connectivity index (χ1v) is 5.32. The van der Waals surface area contributed by atoms with Crippen LogP contribution in [0.25, 0.3) is 0 Å². The maximum atomic E-state index is 11.0. The Bertz CT molecular complexity index is 293. The molecule has 0 bridgehead atoms. The highest BCUT2D eigenvalue weighted by atomic mass is 16.5. The van der Waals surface area contributed by atoms with Gasteiger partial charge >= 0.3 is 0 Å². The number of rotatable bonds is 6. The Hall–Kier alpha value is -1.15.